The molecule has 0 N–H and O–H groups in total. The summed E-state index contributed by atoms with van der Waals surface area (Å²) in [5, 5.41) is 0. The molecule has 0 saturated carbocycles. The van der Waals surface area contributed by atoms with Crippen molar-refractivity contribution in [1.29, 1.82) is 0 Å². The van der Waals surface area contributed by atoms with E-state index in [0.717, 1.165) is 0 Å². The summed E-state index contributed by atoms with van der Waals surface area (Å²) in [5.74, 6) is -0.262. The largest absolute Gasteiger partial charge is 0.462 e. The number of hydrogen-bond acceptors (Lipinski definition) is 2. The number of carbonyl (C=O) groups is 1. The molecule has 2 heteroatoms. The molecule has 0 aromatic heterocycles. The molecule has 0 saturated heterocycles. The Labute approximate surface area is 80.6 Å². The number of hydrogen-bond donors (Lipinski definition) is 0. The van der Waals surface area contributed by atoms with Crippen molar-refractivity contribution < 1.29 is 9.53 Å². The van der Waals surface area contributed by atoms with Gasteiger partial charge in [-0.2, -0.15) is 0 Å². The first kappa shape index (κ1) is 14.2. The van der Waals surface area contributed by atoms with Crippen molar-refractivity contribution in [3.63, 3.8) is 0 Å². The Kier molecular flexibility index (Phi) is 14.5. The van der Waals surface area contributed by atoms with Crippen molar-refractivity contribution in [3.8, 4) is 0 Å². The molecule has 0 rings (SSSR count). The van der Waals surface area contributed by atoms with Gasteiger partial charge in [-0.25, -0.2) is 0 Å². The van der Waals surface area contributed by atoms with E-state index in [1.807, 2.05) is 19.9 Å². The fraction of sp³-hybridized carbons (Fsp3) is 0.364. The Morgan fingerprint density at radius 2 is 1.92 bits per heavy atom. The summed E-state index contributed by atoms with van der Waals surface area (Å²) in [6, 6.07) is 0. The first-order valence-electron chi connectivity index (χ1n) is 4.35. The summed E-state index contributed by atoms with van der Waals surface area (Å²) in [6.45, 7) is 9.21. The topological polar surface area (TPSA) is 26.3 Å². The van der Waals surface area contributed by atoms with E-state index >= 15 is 0 Å². The number of carbonyl (C=O) groups excluding carboxylic acids is 1. The Hall–Kier alpha value is -1.31. The van der Waals surface area contributed by atoms with Gasteiger partial charge in [0.25, 0.3) is 0 Å². The summed E-state index contributed by atoms with van der Waals surface area (Å²) in [4.78, 5) is 10.2. The Morgan fingerprint density at radius 3 is 2.38 bits per heavy atom. The van der Waals surface area contributed by atoms with Crippen LogP contribution >= 0.6 is 0 Å². The molecular formula is C11H18O2. The SMILES string of the molecule is C=C/C=C\C=C/COC(C)=O.CC. The monoisotopic (exact) mass is 182 g/mol. The van der Waals surface area contributed by atoms with Crippen LogP contribution in [0.2, 0.25) is 0 Å². The molecule has 0 amide bonds. The van der Waals surface area contributed by atoms with Crippen LogP contribution in [0.3, 0.4) is 0 Å². The first-order valence-corrected chi connectivity index (χ1v) is 4.35. The highest BCUT2D eigenvalue weighted by atomic mass is 16.5. The second kappa shape index (κ2) is 13.3. The van der Waals surface area contributed by atoms with E-state index in [9.17, 15) is 4.79 Å². The van der Waals surface area contributed by atoms with E-state index in [2.05, 4.69) is 11.3 Å². The molecule has 0 aromatic carbocycles. The minimum absolute atomic E-state index is 0.262. The third-order valence-corrected chi connectivity index (χ3v) is 0.877. The molecule has 0 aliphatic heterocycles. The highest BCUT2D eigenvalue weighted by Crippen LogP contribution is 1.81. The van der Waals surface area contributed by atoms with Crippen LogP contribution in [0.25, 0.3) is 0 Å². The van der Waals surface area contributed by atoms with Crippen LogP contribution in [0, 0.1) is 0 Å². The molecule has 0 unspecified atom stereocenters. The molecule has 0 spiro atoms. The van der Waals surface area contributed by atoms with E-state index in [0.29, 0.717) is 6.61 Å². The quantitative estimate of drug-likeness (QED) is 0.493. The predicted molar refractivity (Wildman–Crippen MR) is 56.5 cm³/mol. The maximum absolute atomic E-state index is 10.2. The lowest BCUT2D eigenvalue weighted by molar-refractivity contribution is -0.139. The maximum atomic E-state index is 10.2. The van der Waals surface area contributed by atoms with Gasteiger partial charge in [0, 0.05) is 6.92 Å². The van der Waals surface area contributed by atoms with Gasteiger partial charge in [0.1, 0.15) is 6.61 Å². The van der Waals surface area contributed by atoms with Gasteiger partial charge < -0.3 is 4.74 Å². The van der Waals surface area contributed by atoms with Gasteiger partial charge in [0.05, 0.1) is 0 Å². The van der Waals surface area contributed by atoms with Gasteiger partial charge >= 0.3 is 5.97 Å². The fourth-order valence-corrected chi connectivity index (χ4v) is 0.442. The van der Waals surface area contributed by atoms with E-state index in [1.54, 1.807) is 24.3 Å². The molecule has 2 nitrogen and oxygen atoms in total. The van der Waals surface area contributed by atoms with Gasteiger partial charge in [-0.3, -0.25) is 4.79 Å². The Bertz CT molecular complexity index is 179. The highest BCUT2D eigenvalue weighted by Gasteiger charge is 1.84. The van der Waals surface area contributed by atoms with Crippen molar-refractivity contribution in [1.82, 2.24) is 0 Å². The van der Waals surface area contributed by atoms with Gasteiger partial charge in [0.2, 0.25) is 0 Å². The lowest BCUT2D eigenvalue weighted by atomic mass is 10.4. The normalized spacial score (nSPS) is 9.46. The number of allylic oxidation sites excluding steroid dienone is 4. The second-order valence-corrected chi connectivity index (χ2v) is 1.85. The third kappa shape index (κ3) is 18.0. The maximum Gasteiger partial charge on any atom is 0.302 e. The molecule has 0 bridgehead atoms. The van der Waals surface area contributed by atoms with Crippen LogP contribution in [-0.2, 0) is 9.53 Å². The molecule has 0 atom stereocenters. The number of esters is 1. The van der Waals surface area contributed by atoms with Crippen molar-refractivity contribution >= 4 is 5.97 Å². The minimum Gasteiger partial charge on any atom is -0.462 e. The van der Waals surface area contributed by atoms with E-state index in [4.69, 9.17) is 0 Å². The fourth-order valence-electron chi connectivity index (χ4n) is 0.442. The van der Waals surface area contributed by atoms with Crippen LogP contribution in [0.5, 0.6) is 0 Å². The summed E-state index contributed by atoms with van der Waals surface area (Å²) in [6.07, 6.45) is 8.84. The zero-order valence-electron chi connectivity index (χ0n) is 8.62. The number of rotatable bonds is 4. The smallest absolute Gasteiger partial charge is 0.302 e. The van der Waals surface area contributed by atoms with Crippen molar-refractivity contribution in [3.05, 3.63) is 37.0 Å². The van der Waals surface area contributed by atoms with Crippen molar-refractivity contribution in [2.45, 2.75) is 20.8 Å². The molecular weight excluding hydrogens is 164 g/mol. The Morgan fingerprint density at radius 1 is 1.31 bits per heavy atom. The van der Waals surface area contributed by atoms with Gasteiger partial charge in [0.15, 0.2) is 0 Å². The summed E-state index contributed by atoms with van der Waals surface area (Å²) >= 11 is 0. The van der Waals surface area contributed by atoms with Crippen molar-refractivity contribution in [2.75, 3.05) is 6.61 Å². The Balaban J connectivity index is 0. The molecule has 0 aliphatic carbocycles. The van der Waals surface area contributed by atoms with E-state index in [1.165, 1.54) is 6.92 Å². The molecule has 0 heterocycles. The average Bonchev–Trinajstić information content (AvgIpc) is 2.14. The molecule has 74 valence electrons. The lowest BCUT2D eigenvalue weighted by Gasteiger charge is -1.92. The van der Waals surface area contributed by atoms with Gasteiger partial charge in [-0.15, -0.1) is 0 Å². The molecule has 13 heavy (non-hydrogen) atoms. The first-order chi connectivity index (χ1) is 6.27. The summed E-state index contributed by atoms with van der Waals surface area (Å²) in [7, 11) is 0. The molecule has 0 aromatic rings. The van der Waals surface area contributed by atoms with Gasteiger partial charge in [-0.1, -0.05) is 44.7 Å². The summed E-state index contributed by atoms with van der Waals surface area (Å²) < 4.78 is 4.64. The summed E-state index contributed by atoms with van der Waals surface area (Å²) in [5.41, 5.74) is 0. The van der Waals surface area contributed by atoms with Crippen molar-refractivity contribution in [2.24, 2.45) is 0 Å². The lowest BCUT2D eigenvalue weighted by Crippen LogP contribution is -1.96. The molecule has 0 aliphatic rings. The second-order valence-electron chi connectivity index (χ2n) is 1.85. The average molecular weight is 182 g/mol. The highest BCUT2D eigenvalue weighted by molar-refractivity contribution is 5.65. The predicted octanol–water partition coefficient (Wildman–Crippen LogP) is 2.87. The third-order valence-electron chi connectivity index (χ3n) is 0.877. The van der Waals surface area contributed by atoms with Crippen LogP contribution < -0.4 is 0 Å². The van der Waals surface area contributed by atoms with E-state index in [-0.39, 0.29) is 5.97 Å². The van der Waals surface area contributed by atoms with Crippen LogP contribution in [0.1, 0.15) is 20.8 Å². The number of ether oxygens (including phenoxy) is 1. The van der Waals surface area contributed by atoms with Crippen LogP contribution in [0.4, 0.5) is 0 Å². The molecule has 0 radical (unpaired) electrons. The molecule has 0 fully saturated rings. The minimum atomic E-state index is -0.262. The van der Waals surface area contributed by atoms with Crippen LogP contribution in [0.15, 0.2) is 37.0 Å². The zero-order valence-corrected chi connectivity index (χ0v) is 8.62. The van der Waals surface area contributed by atoms with E-state index < -0.39 is 0 Å². The van der Waals surface area contributed by atoms with Crippen LogP contribution in [-0.4, -0.2) is 12.6 Å². The standard InChI is InChI=1S/C9H12O2.C2H6/c1-3-4-5-6-7-8-11-9(2)10;1-2/h3-7H,1,8H2,2H3;1-2H3/b5-4-,7-6-;. The zero-order chi connectivity index (χ0) is 10.5. The van der Waals surface area contributed by atoms with Gasteiger partial charge in [-0.05, 0) is 6.08 Å².